The van der Waals surface area contributed by atoms with Crippen LogP contribution in [-0.2, 0) is 0 Å². The van der Waals surface area contributed by atoms with Crippen LogP contribution in [0.5, 0.6) is 0 Å². The molecular formula is C13H12Cl2N6O. The first-order valence-electron chi connectivity index (χ1n) is 6.52. The lowest BCUT2D eigenvalue weighted by Crippen LogP contribution is -2.13. The number of hydrogen-bond donors (Lipinski definition) is 2. The Kier molecular flexibility index (Phi) is 4.00. The van der Waals surface area contributed by atoms with Crippen molar-refractivity contribution in [1.82, 2.24) is 20.3 Å². The van der Waals surface area contributed by atoms with Crippen molar-refractivity contribution in [2.24, 2.45) is 0 Å². The van der Waals surface area contributed by atoms with Crippen LogP contribution in [0.2, 0.25) is 10.0 Å². The van der Waals surface area contributed by atoms with Gasteiger partial charge in [0.05, 0.1) is 10.0 Å². The summed E-state index contributed by atoms with van der Waals surface area (Å²) < 4.78 is 4.65. The van der Waals surface area contributed by atoms with E-state index in [1.165, 1.54) is 0 Å². The van der Waals surface area contributed by atoms with E-state index in [4.69, 9.17) is 23.2 Å². The normalized spacial score (nSPS) is 11.1. The second-order valence-electron chi connectivity index (χ2n) is 4.89. The molecule has 0 amide bonds. The molecule has 0 bridgehead atoms. The molecule has 0 unspecified atom stereocenters. The van der Waals surface area contributed by atoms with Gasteiger partial charge in [0, 0.05) is 11.7 Å². The molecule has 0 aliphatic rings. The molecule has 0 aliphatic heterocycles. The number of nitrogens with one attached hydrogen (secondary N) is 2. The van der Waals surface area contributed by atoms with E-state index in [1.54, 1.807) is 18.2 Å². The van der Waals surface area contributed by atoms with E-state index in [1.807, 2.05) is 13.8 Å². The van der Waals surface area contributed by atoms with Gasteiger partial charge in [0.2, 0.25) is 11.3 Å². The van der Waals surface area contributed by atoms with Gasteiger partial charge in [-0.05, 0) is 42.4 Å². The molecule has 0 spiro atoms. The predicted octanol–water partition coefficient (Wildman–Crippen LogP) is 3.88. The molecule has 114 valence electrons. The van der Waals surface area contributed by atoms with Gasteiger partial charge in [0.1, 0.15) is 0 Å². The van der Waals surface area contributed by atoms with Crippen molar-refractivity contribution in [3.8, 4) is 0 Å². The predicted molar refractivity (Wildman–Crippen MR) is 85.9 cm³/mol. The van der Waals surface area contributed by atoms with Crippen LogP contribution in [0.1, 0.15) is 13.8 Å². The molecule has 0 saturated carbocycles. The number of aromatic nitrogens is 4. The molecular weight excluding hydrogens is 327 g/mol. The number of anilines is 3. The number of nitrogens with zero attached hydrogens (tertiary/aromatic N) is 4. The van der Waals surface area contributed by atoms with E-state index < -0.39 is 0 Å². The van der Waals surface area contributed by atoms with Crippen LogP contribution in [0.3, 0.4) is 0 Å². The summed E-state index contributed by atoms with van der Waals surface area (Å²) in [5.74, 6) is 1.04. The minimum absolute atomic E-state index is 0.168. The summed E-state index contributed by atoms with van der Waals surface area (Å²) >= 11 is 11.9. The first-order chi connectivity index (χ1) is 10.5. The fourth-order valence-corrected chi connectivity index (χ4v) is 2.11. The minimum atomic E-state index is 0.168. The van der Waals surface area contributed by atoms with E-state index in [0.717, 1.165) is 5.69 Å². The molecule has 0 aliphatic carbocycles. The maximum absolute atomic E-state index is 6.02. The van der Waals surface area contributed by atoms with Crippen LogP contribution in [0.25, 0.3) is 11.3 Å². The van der Waals surface area contributed by atoms with E-state index in [-0.39, 0.29) is 6.04 Å². The Morgan fingerprint density at radius 1 is 1.00 bits per heavy atom. The molecule has 0 saturated heterocycles. The highest BCUT2D eigenvalue weighted by Crippen LogP contribution is 2.29. The Morgan fingerprint density at radius 3 is 2.32 bits per heavy atom. The van der Waals surface area contributed by atoms with Crippen molar-refractivity contribution >= 4 is 51.8 Å². The summed E-state index contributed by atoms with van der Waals surface area (Å²) in [6.45, 7) is 3.99. The summed E-state index contributed by atoms with van der Waals surface area (Å²) in [4.78, 5) is 8.71. The molecule has 2 heterocycles. The van der Waals surface area contributed by atoms with Crippen LogP contribution in [0.15, 0.2) is 22.8 Å². The Hall–Kier alpha value is -2.12. The fourth-order valence-electron chi connectivity index (χ4n) is 1.81. The summed E-state index contributed by atoms with van der Waals surface area (Å²) in [5, 5.41) is 14.7. The lowest BCUT2D eigenvalue weighted by molar-refractivity contribution is 0.314. The molecule has 0 radical (unpaired) electrons. The minimum Gasteiger partial charge on any atom is -0.365 e. The number of fused-ring (bicyclic) bond motifs is 1. The van der Waals surface area contributed by atoms with E-state index in [2.05, 4.69) is 35.5 Å². The third-order valence-electron chi connectivity index (χ3n) is 2.72. The van der Waals surface area contributed by atoms with Gasteiger partial charge in [-0.2, -0.15) is 0 Å². The van der Waals surface area contributed by atoms with E-state index >= 15 is 0 Å². The maximum atomic E-state index is 6.02. The smallest absolute Gasteiger partial charge is 0.245 e. The van der Waals surface area contributed by atoms with Gasteiger partial charge in [-0.3, -0.25) is 0 Å². The van der Waals surface area contributed by atoms with Crippen LogP contribution in [0, 0.1) is 0 Å². The number of rotatable bonds is 4. The second-order valence-corrected chi connectivity index (χ2v) is 5.70. The second kappa shape index (κ2) is 5.94. The fraction of sp³-hybridized carbons (Fsp3) is 0.231. The Balaban J connectivity index is 2.01. The van der Waals surface area contributed by atoms with Crippen LogP contribution in [0.4, 0.5) is 17.3 Å². The summed E-state index contributed by atoms with van der Waals surface area (Å²) in [6.07, 6.45) is 0. The average molecular weight is 339 g/mol. The number of hydrogen-bond acceptors (Lipinski definition) is 7. The van der Waals surface area contributed by atoms with Crippen LogP contribution >= 0.6 is 23.2 Å². The largest absolute Gasteiger partial charge is 0.365 e. The lowest BCUT2D eigenvalue weighted by Gasteiger charge is -2.14. The molecule has 7 nitrogen and oxygen atoms in total. The molecule has 22 heavy (non-hydrogen) atoms. The van der Waals surface area contributed by atoms with Gasteiger partial charge in [-0.1, -0.05) is 23.2 Å². The van der Waals surface area contributed by atoms with Crippen LogP contribution in [-0.4, -0.2) is 26.3 Å². The number of halogens is 2. The zero-order valence-electron chi connectivity index (χ0n) is 11.8. The molecule has 0 atom stereocenters. The third-order valence-corrected chi connectivity index (χ3v) is 3.46. The third kappa shape index (κ3) is 3.05. The molecule has 2 N–H and O–H groups in total. The van der Waals surface area contributed by atoms with Gasteiger partial charge >= 0.3 is 0 Å². The summed E-state index contributed by atoms with van der Waals surface area (Å²) in [6, 6.07) is 5.36. The SMILES string of the molecule is CC(C)Nc1nc2nonc2nc1Nc1ccc(Cl)c(Cl)c1. The first-order valence-corrected chi connectivity index (χ1v) is 7.27. The van der Waals surface area contributed by atoms with Gasteiger partial charge in [-0.15, -0.1) is 0 Å². The highest BCUT2D eigenvalue weighted by Gasteiger charge is 2.14. The van der Waals surface area contributed by atoms with Gasteiger partial charge in [0.15, 0.2) is 11.6 Å². The standard InChI is InChI=1S/C13H12Cl2N6O/c1-6(2)16-10-11(19-13-12(18-10)20-22-21-13)17-7-3-4-8(14)9(15)5-7/h3-6H,1-2H3,(H,16,18,20)(H,17,19,21). The van der Waals surface area contributed by atoms with Gasteiger partial charge in [-0.25, -0.2) is 14.6 Å². The first kappa shape index (κ1) is 14.8. The quantitative estimate of drug-likeness (QED) is 0.745. The Labute approximate surface area is 136 Å². The van der Waals surface area contributed by atoms with Crippen molar-refractivity contribution < 1.29 is 4.63 Å². The topological polar surface area (TPSA) is 88.8 Å². The Morgan fingerprint density at radius 2 is 1.68 bits per heavy atom. The van der Waals surface area contributed by atoms with Crippen molar-refractivity contribution in [2.45, 2.75) is 19.9 Å². The molecule has 3 rings (SSSR count). The highest BCUT2D eigenvalue weighted by molar-refractivity contribution is 6.42. The number of benzene rings is 1. The molecule has 2 aromatic heterocycles. The van der Waals surface area contributed by atoms with E-state index in [9.17, 15) is 0 Å². The van der Waals surface area contributed by atoms with Gasteiger partial charge in [0.25, 0.3) is 0 Å². The van der Waals surface area contributed by atoms with Crippen LogP contribution < -0.4 is 10.6 Å². The Bertz CT molecular complexity index is 819. The molecule has 1 aromatic carbocycles. The van der Waals surface area contributed by atoms with Crippen molar-refractivity contribution in [3.05, 3.63) is 28.2 Å². The molecule has 9 heteroatoms. The lowest BCUT2D eigenvalue weighted by atomic mass is 10.3. The molecule has 0 fully saturated rings. The van der Waals surface area contributed by atoms with Crippen molar-refractivity contribution in [3.63, 3.8) is 0 Å². The zero-order valence-corrected chi connectivity index (χ0v) is 13.3. The maximum Gasteiger partial charge on any atom is 0.245 e. The van der Waals surface area contributed by atoms with E-state index in [0.29, 0.717) is 33.0 Å². The highest BCUT2D eigenvalue weighted by atomic mass is 35.5. The summed E-state index contributed by atoms with van der Waals surface area (Å²) in [7, 11) is 0. The monoisotopic (exact) mass is 338 g/mol. The van der Waals surface area contributed by atoms with Crippen molar-refractivity contribution in [1.29, 1.82) is 0 Å². The zero-order chi connectivity index (χ0) is 15.7. The van der Waals surface area contributed by atoms with Crippen molar-refractivity contribution in [2.75, 3.05) is 10.6 Å². The molecule has 3 aromatic rings. The van der Waals surface area contributed by atoms with Gasteiger partial charge < -0.3 is 10.6 Å². The average Bonchev–Trinajstić information content (AvgIpc) is 2.89. The summed E-state index contributed by atoms with van der Waals surface area (Å²) in [5.41, 5.74) is 1.38.